The first-order chi connectivity index (χ1) is 7.89. The van der Waals surface area contributed by atoms with E-state index in [-0.39, 0.29) is 5.54 Å². The molecule has 0 rings (SSSR count). The Balaban J connectivity index is 4.63. The van der Waals surface area contributed by atoms with Gasteiger partial charge in [-0.15, -0.1) is 0 Å². The standard InChI is InChI=1S/C14H32N2O/c1-8-15-13(11-17-12(4)5)14(6,7)16(9-2)10-3/h12-13,15H,8-11H2,1-7H3. The Morgan fingerprint density at radius 1 is 1.12 bits per heavy atom. The van der Waals surface area contributed by atoms with Gasteiger partial charge in [0, 0.05) is 11.6 Å². The number of hydrogen-bond acceptors (Lipinski definition) is 3. The normalized spacial score (nSPS) is 14.6. The fourth-order valence-corrected chi connectivity index (χ4v) is 2.31. The van der Waals surface area contributed by atoms with Crippen LogP contribution in [0.3, 0.4) is 0 Å². The Hall–Kier alpha value is -0.120. The second-order valence-electron chi connectivity index (χ2n) is 5.32. The van der Waals surface area contributed by atoms with E-state index in [2.05, 4.69) is 58.7 Å². The van der Waals surface area contributed by atoms with Crippen LogP contribution in [0.15, 0.2) is 0 Å². The van der Waals surface area contributed by atoms with Crippen LogP contribution in [-0.2, 0) is 4.74 Å². The number of likely N-dealkylation sites (N-methyl/N-ethyl adjacent to an activating group) is 2. The van der Waals surface area contributed by atoms with Crippen molar-refractivity contribution in [2.24, 2.45) is 0 Å². The van der Waals surface area contributed by atoms with Crippen LogP contribution in [0.4, 0.5) is 0 Å². The third-order valence-electron chi connectivity index (χ3n) is 3.48. The van der Waals surface area contributed by atoms with Crippen molar-refractivity contribution in [3.8, 4) is 0 Å². The van der Waals surface area contributed by atoms with Crippen molar-refractivity contribution >= 4 is 0 Å². The number of ether oxygens (including phenoxy) is 1. The highest BCUT2D eigenvalue weighted by Crippen LogP contribution is 2.19. The van der Waals surface area contributed by atoms with Gasteiger partial charge in [-0.3, -0.25) is 4.90 Å². The van der Waals surface area contributed by atoms with Crippen molar-refractivity contribution in [2.45, 2.75) is 66.2 Å². The Morgan fingerprint density at radius 3 is 2.00 bits per heavy atom. The first kappa shape index (κ1) is 16.9. The van der Waals surface area contributed by atoms with Gasteiger partial charge in [0.1, 0.15) is 0 Å². The molecule has 0 amide bonds. The summed E-state index contributed by atoms with van der Waals surface area (Å²) in [6.07, 6.45) is 0.295. The van der Waals surface area contributed by atoms with Crippen LogP contribution in [0.2, 0.25) is 0 Å². The third kappa shape index (κ3) is 5.36. The molecular weight excluding hydrogens is 212 g/mol. The summed E-state index contributed by atoms with van der Waals surface area (Å²) in [6, 6.07) is 0.370. The minimum absolute atomic E-state index is 0.119. The van der Waals surface area contributed by atoms with Gasteiger partial charge < -0.3 is 10.1 Å². The summed E-state index contributed by atoms with van der Waals surface area (Å²) in [7, 11) is 0. The average molecular weight is 244 g/mol. The molecule has 3 nitrogen and oxygen atoms in total. The molecule has 17 heavy (non-hydrogen) atoms. The first-order valence-corrected chi connectivity index (χ1v) is 7.00. The lowest BCUT2D eigenvalue weighted by molar-refractivity contribution is 0.00745. The summed E-state index contributed by atoms with van der Waals surface area (Å²) in [5.41, 5.74) is 0.119. The molecule has 3 heteroatoms. The van der Waals surface area contributed by atoms with Crippen LogP contribution in [0, 0.1) is 0 Å². The second-order valence-corrected chi connectivity index (χ2v) is 5.32. The van der Waals surface area contributed by atoms with E-state index in [1.807, 2.05) is 0 Å². The van der Waals surface area contributed by atoms with E-state index in [0.717, 1.165) is 26.2 Å². The predicted molar refractivity (Wildman–Crippen MR) is 75.6 cm³/mol. The SMILES string of the molecule is CCNC(COC(C)C)C(C)(C)N(CC)CC. The summed E-state index contributed by atoms with van der Waals surface area (Å²) in [6.45, 7) is 19.3. The Kier molecular flexibility index (Phi) is 8.01. The van der Waals surface area contributed by atoms with Gasteiger partial charge in [0.05, 0.1) is 12.7 Å². The molecule has 0 aliphatic heterocycles. The van der Waals surface area contributed by atoms with Crippen LogP contribution in [-0.4, -0.2) is 48.8 Å². The molecule has 1 atom stereocenters. The minimum Gasteiger partial charge on any atom is -0.377 e. The number of nitrogens with zero attached hydrogens (tertiary/aromatic N) is 1. The van der Waals surface area contributed by atoms with Crippen LogP contribution >= 0.6 is 0 Å². The summed E-state index contributed by atoms with van der Waals surface area (Å²) in [4.78, 5) is 2.49. The fourth-order valence-electron chi connectivity index (χ4n) is 2.31. The largest absolute Gasteiger partial charge is 0.377 e. The molecule has 104 valence electrons. The average Bonchev–Trinajstić information content (AvgIpc) is 2.24. The van der Waals surface area contributed by atoms with E-state index in [1.54, 1.807) is 0 Å². The van der Waals surface area contributed by atoms with Gasteiger partial charge in [0.2, 0.25) is 0 Å². The van der Waals surface area contributed by atoms with E-state index in [1.165, 1.54) is 0 Å². The lowest BCUT2D eigenvalue weighted by Gasteiger charge is -2.43. The smallest absolute Gasteiger partial charge is 0.0641 e. The topological polar surface area (TPSA) is 24.5 Å². The van der Waals surface area contributed by atoms with Crippen LogP contribution in [0.5, 0.6) is 0 Å². The first-order valence-electron chi connectivity index (χ1n) is 7.00. The molecule has 1 N–H and O–H groups in total. The zero-order chi connectivity index (χ0) is 13.5. The number of hydrogen-bond donors (Lipinski definition) is 1. The summed E-state index contributed by atoms with van der Waals surface area (Å²) in [5, 5.41) is 3.56. The van der Waals surface area contributed by atoms with E-state index in [9.17, 15) is 0 Å². The van der Waals surface area contributed by atoms with Gasteiger partial charge in [0.25, 0.3) is 0 Å². The van der Waals surface area contributed by atoms with Crippen molar-refractivity contribution in [3.05, 3.63) is 0 Å². The van der Waals surface area contributed by atoms with Crippen molar-refractivity contribution < 1.29 is 4.74 Å². The molecule has 0 spiro atoms. The van der Waals surface area contributed by atoms with E-state index >= 15 is 0 Å². The monoisotopic (exact) mass is 244 g/mol. The van der Waals surface area contributed by atoms with Crippen molar-refractivity contribution in [3.63, 3.8) is 0 Å². The Labute approximate surface area is 108 Å². The maximum absolute atomic E-state index is 5.79. The van der Waals surface area contributed by atoms with Crippen LogP contribution in [0.25, 0.3) is 0 Å². The minimum atomic E-state index is 0.119. The molecule has 0 aromatic carbocycles. The maximum Gasteiger partial charge on any atom is 0.0641 e. The zero-order valence-corrected chi connectivity index (χ0v) is 12.8. The molecule has 0 saturated carbocycles. The van der Waals surface area contributed by atoms with Gasteiger partial charge in [-0.1, -0.05) is 20.8 Å². The molecule has 1 unspecified atom stereocenters. The van der Waals surface area contributed by atoms with E-state index < -0.39 is 0 Å². The van der Waals surface area contributed by atoms with Crippen LogP contribution in [0.1, 0.15) is 48.5 Å². The van der Waals surface area contributed by atoms with Crippen LogP contribution < -0.4 is 5.32 Å². The van der Waals surface area contributed by atoms with E-state index in [0.29, 0.717) is 12.1 Å². The van der Waals surface area contributed by atoms with Crippen molar-refractivity contribution in [2.75, 3.05) is 26.2 Å². The predicted octanol–water partition coefficient (Wildman–Crippen LogP) is 2.51. The number of nitrogens with one attached hydrogen (secondary N) is 1. The molecule has 0 aliphatic carbocycles. The lowest BCUT2D eigenvalue weighted by Crippen LogP contribution is -2.59. The highest BCUT2D eigenvalue weighted by atomic mass is 16.5. The summed E-state index contributed by atoms with van der Waals surface area (Å²) in [5.74, 6) is 0. The second kappa shape index (κ2) is 8.06. The molecule has 0 aliphatic rings. The fraction of sp³-hybridized carbons (Fsp3) is 1.00. The third-order valence-corrected chi connectivity index (χ3v) is 3.48. The molecular formula is C14H32N2O. The lowest BCUT2D eigenvalue weighted by atomic mass is 9.92. The molecule has 0 heterocycles. The Morgan fingerprint density at radius 2 is 1.65 bits per heavy atom. The van der Waals surface area contributed by atoms with Crippen molar-refractivity contribution in [1.82, 2.24) is 10.2 Å². The van der Waals surface area contributed by atoms with Gasteiger partial charge in [-0.2, -0.15) is 0 Å². The highest BCUT2D eigenvalue weighted by Gasteiger charge is 2.33. The molecule has 0 fully saturated rings. The van der Waals surface area contributed by atoms with Crippen molar-refractivity contribution in [1.29, 1.82) is 0 Å². The molecule has 0 radical (unpaired) electrons. The Bertz CT molecular complexity index is 189. The quantitative estimate of drug-likeness (QED) is 0.674. The van der Waals surface area contributed by atoms with Gasteiger partial charge in [-0.05, 0) is 47.3 Å². The molecule has 0 saturated heterocycles. The highest BCUT2D eigenvalue weighted by molar-refractivity contribution is 4.93. The summed E-state index contributed by atoms with van der Waals surface area (Å²) < 4.78 is 5.79. The van der Waals surface area contributed by atoms with Gasteiger partial charge >= 0.3 is 0 Å². The van der Waals surface area contributed by atoms with Gasteiger partial charge in [-0.25, -0.2) is 0 Å². The van der Waals surface area contributed by atoms with Gasteiger partial charge in [0.15, 0.2) is 0 Å². The maximum atomic E-state index is 5.79. The zero-order valence-electron chi connectivity index (χ0n) is 12.8. The van der Waals surface area contributed by atoms with E-state index in [4.69, 9.17) is 4.74 Å². The summed E-state index contributed by atoms with van der Waals surface area (Å²) >= 11 is 0. The number of rotatable bonds is 9. The molecule has 0 aromatic heterocycles. The molecule has 0 aromatic rings. The molecule has 0 bridgehead atoms.